The van der Waals surface area contributed by atoms with Crippen molar-refractivity contribution in [1.29, 1.82) is 5.26 Å². The molecule has 23 heavy (non-hydrogen) atoms. The smallest absolute Gasteiger partial charge is 0.267 e. The summed E-state index contributed by atoms with van der Waals surface area (Å²) in [6, 6.07) is 9.48. The molecule has 6 nitrogen and oxygen atoms in total. The monoisotopic (exact) mass is 313 g/mol. The zero-order chi connectivity index (χ0) is 16.4. The van der Waals surface area contributed by atoms with Gasteiger partial charge in [0.1, 0.15) is 11.3 Å². The quantitative estimate of drug-likeness (QED) is 0.918. The van der Waals surface area contributed by atoms with E-state index in [-0.39, 0.29) is 24.8 Å². The van der Waals surface area contributed by atoms with Gasteiger partial charge in [-0.1, -0.05) is 12.1 Å². The Bertz CT molecular complexity index is 676. The van der Waals surface area contributed by atoms with E-state index < -0.39 is 11.6 Å². The molecule has 0 radical (unpaired) electrons. The van der Waals surface area contributed by atoms with Crippen molar-refractivity contribution in [3.05, 3.63) is 24.3 Å². The van der Waals surface area contributed by atoms with E-state index in [4.69, 9.17) is 10.00 Å². The molecule has 1 heterocycles. The summed E-state index contributed by atoms with van der Waals surface area (Å²) < 4.78 is 5.57. The van der Waals surface area contributed by atoms with E-state index in [0.717, 1.165) is 6.42 Å². The molecule has 0 unspecified atom stereocenters. The molecule has 6 heteroatoms. The zero-order valence-corrected chi connectivity index (χ0v) is 13.0. The third-order valence-corrected chi connectivity index (χ3v) is 4.44. The Labute approximate surface area is 135 Å². The predicted molar refractivity (Wildman–Crippen MR) is 83.8 cm³/mol. The van der Waals surface area contributed by atoms with Crippen LogP contribution in [0.2, 0.25) is 0 Å². The van der Waals surface area contributed by atoms with Gasteiger partial charge >= 0.3 is 0 Å². The summed E-state index contributed by atoms with van der Waals surface area (Å²) in [6.45, 7) is 1.97. The Morgan fingerprint density at radius 2 is 2.22 bits per heavy atom. The lowest BCUT2D eigenvalue weighted by Gasteiger charge is -2.36. The minimum atomic E-state index is -0.697. The lowest BCUT2D eigenvalue weighted by atomic mass is 9.78. The van der Waals surface area contributed by atoms with Gasteiger partial charge in [-0.2, -0.15) is 5.26 Å². The highest BCUT2D eigenvalue weighted by atomic mass is 16.5. The maximum absolute atomic E-state index is 12.3. The van der Waals surface area contributed by atoms with Crippen molar-refractivity contribution in [2.45, 2.75) is 44.2 Å². The van der Waals surface area contributed by atoms with Gasteiger partial charge in [0.05, 0.1) is 11.8 Å². The molecular weight excluding hydrogens is 294 g/mol. The van der Waals surface area contributed by atoms with E-state index in [9.17, 15) is 9.59 Å². The predicted octanol–water partition coefficient (Wildman–Crippen LogP) is 1.75. The summed E-state index contributed by atoms with van der Waals surface area (Å²) in [5.41, 5.74) is -0.0147. The summed E-state index contributed by atoms with van der Waals surface area (Å²) in [6.07, 6.45) is 1.96. The normalized spacial score (nSPS) is 21.5. The lowest BCUT2D eigenvalue weighted by molar-refractivity contribution is -0.126. The summed E-state index contributed by atoms with van der Waals surface area (Å²) >= 11 is 0. The highest BCUT2D eigenvalue weighted by molar-refractivity contribution is 6.00. The standard InChI is InChI=1S/C17H19N3O3/c1-12-16(22)20(13-5-2-3-6-14(13)23-12)10-7-15(21)19-17(11-18)8-4-9-17/h2-3,5-6,12H,4,7-10H2,1H3,(H,19,21)/t12-/m0/s1. The Hall–Kier alpha value is -2.55. The van der Waals surface area contributed by atoms with Crippen LogP contribution < -0.4 is 15.0 Å². The van der Waals surface area contributed by atoms with E-state index >= 15 is 0 Å². The van der Waals surface area contributed by atoms with Crippen LogP contribution in [0.3, 0.4) is 0 Å². The molecule has 1 fully saturated rings. The number of hydrogen-bond acceptors (Lipinski definition) is 4. The average molecular weight is 313 g/mol. The number of ether oxygens (including phenoxy) is 1. The molecule has 2 aliphatic rings. The SMILES string of the molecule is C[C@@H]1Oc2ccccc2N(CCC(=O)NC2(C#N)CCC2)C1=O. The molecule has 0 spiro atoms. The van der Waals surface area contributed by atoms with Crippen LogP contribution in [0, 0.1) is 11.3 Å². The number of hydrogen-bond donors (Lipinski definition) is 1. The molecule has 1 N–H and O–H groups in total. The van der Waals surface area contributed by atoms with Gasteiger partial charge in [0, 0.05) is 13.0 Å². The van der Waals surface area contributed by atoms with Gasteiger partial charge in [-0.15, -0.1) is 0 Å². The third-order valence-electron chi connectivity index (χ3n) is 4.44. The highest BCUT2D eigenvalue weighted by Crippen LogP contribution is 2.34. The number of carbonyl (C=O) groups excluding carboxylic acids is 2. The van der Waals surface area contributed by atoms with Gasteiger partial charge in [-0.25, -0.2) is 0 Å². The van der Waals surface area contributed by atoms with E-state index in [2.05, 4.69) is 11.4 Å². The maximum Gasteiger partial charge on any atom is 0.267 e. The maximum atomic E-state index is 12.3. The summed E-state index contributed by atoms with van der Waals surface area (Å²) in [5, 5.41) is 12.0. The minimum absolute atomic E-state index is 0.157. The largest absolute Gasteiger partial charge is 0.479 e. The summed E-state index contributed by atoms with van der Waals surface area (Å²) in [5.74, 6) is 0.290. The third kappa shape index (κ3) is 2.87. The van der Waals surface area contributed by atoms with Crippen molar-refractivity contribution in [3.8, 4) is 11.8 Å². The van der Waals surface area contributed by atoms with Crippen molar-refractivity contribution in [1.82, 2.24) is 5.32 Å². The number of fused-ring (bicyclic) bond motifs is 1. The molecule has 120 valence electrons. The first-order valence-corrected chi connectivity index (χ1v) is 7.84. The number of nitrogens with zero attached hydrogens (tertiary/aromatic N) is 2. The van der Waals surface area contributed by atoms with Crippen LogP contribution in [0.4, 0.5) is 5.69 Å². The molecular formula is C17H19N3O3. The fourth-order valence-corrected chi connectivity index (χ4v) is 2.93. The van der Waals surface area contributed by atoms with Gasteiger partial charge in [-0.05, 0) is 38.3 Å². The van der Waals surface area contributed by atoms with E-state index in [1.807, 2.05) is 18.2 Å². The average Bonchev–Trinajstić information content (AvgIpc) is 2.51. The molecule has 1 atom stereocenters. The van der Waals surface area contributed by atoms with Crippen LogP contribution in [-0.2, 0) is 9.59 Å². The minimum Gasteiger partial charge on any atom is -0.479 e. The van der Waals surface area contributed by atoms with Crippen molar-refractivity contribution in [2.24, 2.45) is 0 Å². The number of nitrogens with one attached hydrogen (secondary N) is 1. The highest BCUT2D eigenvalue weighted by Gasteiger charge is 2.39. The van der Waals surface area contributed by atoms with Gasteiger partial charge in [-0.3, -0.25) is 9.59 Å². The van der Waals surface area contributed by atoms with Crippen LogP contribution in [0.15, 0.2) is 24.3 Å². The number of carbonyl (C=O) groups is 2. The molecule has 1 aromatic carbocycles. The second-order valence-corrected chi connectivity index (χ2v) is 6.06. The Kier molecular flexibility index (Phi) is 3.95. The molecule has 1 aromatic rings. The van der Waals surface area contributed by atoms with Crippen LogP contribution in [-0.4, -0.2) is 30.0 Å². The number of anilines is 1. The Morgan fingerprint density at radius 3 is 2.87 bits per heavy atom. The number of amides is 2. The van der Waals surface area contributed by atoms with Crippen LogP contribution in [0.1, 0.15) is 32.6 Å². The van der Waals surface area contributed by atoms with Crippen LogP contribution in [0.25, 0.3) is 0 Å². The van der Waals surface area contributed by atoms with Crippen molar-refractivity contribution < 1.29 is 14.3 Å². The number of benzene rings is 1. The van der Waals surface area contributed by atoms with Gasteiger partial charge < -0.3 is 15.0 Å². The van der Waals surface area contributed by atoms with Gasteiger partial charge in [0.15, 0.2) is 6.10 Å². The molecule has 1 aliphatic carbocycles. The second-order valence-electron chi connectivity index (χ2n) is 6.06. The first kappa shape index (κ1) is 15.3. The second kappa shape index (κ2) is 5.92. The molecule has 0 aromatic heterocycles. The van der Waals surface area contributed by atoms with Crippen LogP contribution in [0.5, 0.6) is 5.75 Å². The molecule has 1 aliphatic heterocycles. The topological polar surface area (TPSA) is 82.4 Å². The summed E-state index contributed by atoms with van der Waals surface area (Å²) in [7, 11) is 0. The molecule has 1 saturated carbocycles. The lowest BCUT2D eigenvalue weighted by Crippen LogP contribution is -2.53. The molecule has 2 amide bonds. The van der Waals surface area contributed by atoms with Crippen molar-refractivity contribution in [3.63, 3.8) is 0 Å². The first-order chi connectivity index (χ1) is 11.0. The fourth-order valence-electron chi connectivity index (χ4n) is 2.93. The Balaban J connectivity index is 1.66. The van der Waals surface area contributed by atoms with E-state index in [0.29, 0.717) is 24.3 Å². The first-order valence-electron chi connectivity index (χ1n) is 7.84. The van der Waals surface area contributed by atoms with Crippen LogP contribution >= 0.6 is 0 Å². The van der Waals surface area contributed by atoms with E-state index in [1.54, 1.807) is 17.9 Å². The van der Waals surface area contributed by atoms with Gasteiger partial charge in [0.2, 0.25) is 5.91 Å². The number of para-hydroxylation sites is 2. The fraction of sp³-hybridized carbons (Fsp3) is 0.471. The molecule has 0 saturated heterocycles. The zero-order valence-electron chi connectivity index (χ0n) is 13.0. The summed E-state index contributed by atoms with van der Waals surface area (Å²) in [4.78, 5) is 26.0. The van der Waals surface area contributed by atoms with Gasteiger partial charge in [0.25, 0.3) is 5.91 Å². The van der Waals surface area contributed by atoms with E-state index in [1.165, 1.54) is 0 Å². The van der Waals surface area contributed by atoms with Crippen molar-refractivity contribution >= 4 is 17.5 Å². The molecule has 3 rings (SSSR count). The number of nitriles is 1. The number of rotatable bonds is 4. The molecule has 0 bridgehead atoms. The Morgan fingerprint density at radius 1 is 1.48 bits per heavy atom. The van der Waals surface area contributed by atoms with Crippen molar-refractivity contribution in [2.75, 3.05) is 11.4 Å².